The molecule has 17 heavy (non-hydrogen) atoms. The van der Waals surface area contributed by atoms with Crippen LogP contribution < -0.4 is 5.73 Å². The van der Waals surface area contributed by atoms with Gasteiger partial charge in [-0.05, 0) is 34.1 Å². The van der Waals surface area contributed by atoms with Crippen LogP contribution in [0.25, 0.3) is 5.69 Å². The third-order valence-corrected chi connectivity index (χ3v) is 2.81. The molecule has 0 radical (unpaired) electrons. The summed E-state index contributed by atoms with van der Waals surface area (Å²) in [7, 11) is 0. The average Bonchev–Trinajstić information content (AvgIpc) is 2.63. The Morgan fingerprint density at radius 2 is 1.94 bits per heavy atom. The summed E-state index contributed by atoms with van der Waals surface area (Å²) >= 11 is 3.08. The maximum absolute atomic E-state index is 12.5. The highest BCUT2D eigenvalue weighted by atomic mass is 79.9. The molecule has 0 aliphatic carbocycles. The van der Waals surface area contributed by atoms with E-state index in [-0.39, 0.29) is 4.47 Å². The predicted octanol–water partition coefficient (Wildman–Crippen LogP) is 3.24. The molecule has 7 heteroatoms. The van der Waals surface area contributed by atoms with Crippen molar-refractivity contribution in [2.75, 3.05) is 5.73 Å². The van der Waals surface area contributed by atoms with Crippen molar-refractivity contribution < 1.29 is 13.2 Å². The van der Waals surface area contributed by atoms with Crippen LogP contribution >= 0.6 is 15.9 Å². The summed E-state index contributed by atoms with van der Waals surface area (Å²) in [5, 5.41) is 3.92. The number of rotatable bonds is 1. The molecule has 0 saturated carbocycles. The number of nitrogens with zero attached hydrogens (tertiary/aromatic N) is 2. The van der Waals surface area contributed by atoms with Crippen LogP contribution in [-0.4, -0.2) is 9.78 Å². The van der Waals surface area contributed by atoms with E-state index in [0.717, 1.165) is 12.1 Å². The lowest BCUT2D eigenvalue weighted by molar-refractivity contribution is -0.137. The maximum Gasteiger partial charge on any atom is 0.416 e. The second-order valence-electron chi connectivity index (χ2n) is 3.33. The van der Waals surface area contributed by atoms with Gasteiger partial charge in [-0.3, -0.25) is 0 Å². The number of benzene rings is 1. The van der Waals surface area contributed by atoms with Crippen LogP contribution in [0.1, 0.15) is 5.56 Å². The standard InChI is InChI=1S/C10H7BrF3N3/c11-7-5-6(10(12,13)14)1-2-8(7)17-9(15)3-4-16-17/h1-5H,15H2. The molecule has 0 aliphatic rings. The largest absolute Gasteiger partial charge is 0.416 e. The van der Waals surface area contributed by atoms with Gasteiger partial charge in [-0.1, -0.05) is 0 Å². The number of nitrogens with two attached hydrogens (primary N) is 1. The zero-order valence-corrected chi connectivity index (χ0v) is 9.96. The molecule has 90 valence electrons. The number of anilines is 1. The summed E-state index contributed by atoms with van der Waals surface area (Å²) in [6.45, 7) is 0. The fraction of sp³-hybridized carbons (Fsp3) is 0.100. The Morgan fingerprint density at radius 3 is 2.41 bits per heavy atom. The molecule has 0 fully saturated rings. The van der Waals surface area contributed by atoms with Crippen molar-refractivity contribution in [2.45, 2.75) is 6.18 Å². The summed E-state index contributed by atoms with van der Waals surface area (Å²) in [4.78, 5) is 0. The Hall–Kier alpha value is -1.50. The van der Waals surface area contributed by atoms with Crippen LogP contribution in [-0.2, 0) is 6.18 Å². The molecule has 2 N–H and O–H groups in total. The van der Waals surface area contributed by atoms with Crippen molar-refractivity contribution in [1.82, 2.24) is 9.78 Å². The average molecular weight is 306 g/mol. The first-order valence-corrected chi connectivity index (χ1v) is 5.35. The first-order valence-electron chi connectivity index (χ1n) is 4.56. The zero-order chi connectivity index (χ0) is 12.6. The van der Waals surface area contributed by atoms with E-state index in [9.17, 15) is 13.2 Å². The molecule has 2 rings (SSSR count). The van der Waals surface area contributed by atoms with Gasteiger partial charge in [0.1, 0.15) is 5.82 Å². The molecule has 1 heterocycles. The highest BCUT2D eigenvalue weighted by Gasteiger charge is 2.31. The number of hydrogen-bond acceptors (Lipinski definition) is 2. The molecule has 3 nitrogen and oxygen atoms in total. The van der Waals surface area contributed by atoms with Crippen molar-refractivity contribution in [3.05, 3.63) is 40.5 Å². The van der Waals surface area contributed by atoms with Gasteiger partial charge >= 0.3 is 6.18 Å². The van der Waals surface area contributed by atoms with Crippen molar-refractivity contribution in [2.24, 2.45) is 0 Å². The number of halogens is 4. The van der Waals surface area contributed by atoms with Gasteiger partial charge in [0.05, 0.1) is 17.4 Å². The van der Waals surface area contributed by atoms with E-state index < -0.39 is 11.7 Å². The fourth-order valence-electron chi connectivity index (χ4n) is 1.37. The van der Waals surface area contributed by atoms with Gasteiger partial charge in [0.2, 0.25) is 0 Å². The topological polar surface area (TPSA) is 43.8 Å². The number of nitrogen functional groups attached to an aromatic ring is 1. The Morgan fingerprint density at radius 1 is 1.24 bits per heavy atom. The number of hydrogen-bond donors (Lipinski definition) is 1. The van der Waals surface area contributed by atoms with Crippen LogP contribution in [0.2, 0.25) is 0 Å². The minimum atomic E-state index is -4.36. The van der Waals surface area contributed by atoms with Crippen molar-refractivity contribution in [1.29, 1.82) is 0 Å². The highest BCUT2D eigenvalue weighted by Crippen LogP contribution is 2.33. The summed E-state index contributed by atoms with van der Waals surface area (Å²) in [5.74, 6) is 0.352. The van der Waals surface area contributed by atoms with Gasteiger partial charge in [0, 0.05) is 10.5 Å². The summed E-state index contributed by atoms with van der Waals surface area (Å²) in [5.41, 5.74) is 5.36. The summed E-state index contributed by atoms with van der Waals surface area (Å²) in [6.07, 6.45) is -2.89. The van der Waals surface area contributed by atoms with E-state index in [1.54, 1.807) is 6.07 Å². The molecule has 0 atom stereocenters. The second kappa shape index (κ2) is 4.06. The van der Waals surface area contributed by atoms with Crippen LogP contribution in [0.4, 0.5) is 19.0 Å². The van der Waals surface area contributed by atoms with Gasteiger partial charge in [0.15, 0.2) is 0 Å². The SMILES string of the molecule is Nc1ccnn1-c1ccc(C(F)(F)F)cc1Br. The lowest BCUT2D eigenvalue weighted by Crippen LogP contribution is -2.07. The smallest absolute Gasteiger partial charge is 0.384 e. The molecular formula is C10H7BrF3N3. The Kier molecular flexibility index (Phi) is 2.86. The lowest BCUT2D eigenvalue weighted by Gasteiger charge is -2.10. The molecular weight excluding hydrogens is 299 g/mol. The van der Waals surface area contributed by atoms with E-state index >= 15 is 0 Å². The van der Waals surface area contributed by atoms with Crippen LogP contribution in [0, 0.1) is 0 Å². The van der Waals surface area contributed by atoms with E-state index in [2.05, 4.69) is 21.0 Å². The van der Waals surface area contributed by atoms with Gasteiger partial charge in [-0.25, -0.2) is 4.68 Å². The minimum absolute atomic E-state index is 0.280. The Balaban J connectivity index is 2.50. The molecule has 1 aromatic heterocycles. The van der Waals surface area contributed by atoms with Gasteiger partial charge in [0.25, 0.3) is 0 Å². The number of alkyl halides is 3. The monoisotopic (exact) mass is 305 g/mol. The third kappa shape index (κ3) is 2.28. The highest BCUT2D eigenvalue weighted by molar-refractivity contribution is 9.10. The van der Waals surface area contributed by atoms with Gasteiger partial charge in [-0.15, -0.1) is 0 Å². The predicted molar refractivity (Wildman–Crippen MR) is 60.7 cm³/mol. The Labute approximate surface area is 103 Å². The second-order valence-corrected chi connectivity index (χ2v) is 4.19. The maximum atomic E-state index is 12.5. The van der Waals surface area contributed by atoms with Gasteiger partial charge in [-0.2, -0.15) is 18.3 Å². The van der Waals surface area contributed by atoms with Crippen LogP contribution in [0.3, 0.4) is 0 Å². The van der Waals surface area contributed by atoms with E-state index in [4.69, 9.17) is 5.73 Å². The third-order valence-electron chi connectivity index (χ3n) is 2.18. The van der Waals surface area contributed by atoms with Gasteiger partial charge < -0.3 is 5.73 Å². The molecule has 0 bridgehead atoms. The van der Waals surface area contributed by atoms with E-state index in [0.29, 0.717) is 11.5 Å². The first-order chi connectivity index (χ1) is 7.89. The summed E-state index contributed by atoms with van der Waals surface area (Å²) in [6, 6.07) is 4.86. The fourth-order valence-corrected chi connectivity index (χ4v) is 1.92. The molecule has 0 saturated heterocycles. The van der Waals surface area contributed by atoms with E-state index in [1.807, 2.05) is 0 Å². The minimum Gasteiger partial charge on any atom is -0.384 e. The molecule has 0 amide bonds. The first kappa shape index (κ1) is 12.0. The molecule has 0 aliphatic heterocycles. The van der Waals surface area contributed by atoms with Crippen molar-refractivity contribution in [3.63, 3.8) is 0 Å². The molecule has 0 unspecified atom stereocenters. The molecule has 0 spiro atoms. The van der Waals surface area contributed by atoms with Crippen molar-refractivity contribution in [3.8, 4) is 5.69 Å². The van der Waals surface area contributed by atoms with Crippen LogP contribution in [0.5, 0.6) is 0 Å². The van der Waals surface area contributed by atoms with Crippen LogP contribution in [0.15, 0.2) is 34.9 Å². The molecule has 2 aromatic rings. The van der Waals surface area contributed by atoms with Crippen molar-refractivity contribution >= 4 is 21.7 Å². The normalized spacial score (nSPS) is 11.8. The Bertz CT molecular complexity index is 548. The molecule has 1 aromatic carbocycles. The van der Waals surface area contributed by atoms with E-state index in [1.165, 1.54) is 16.9 Å². The zero-order valence-electron chi connectivity index (χ0n) is 8.37. The number of aromatic nitrogens is 2. The lowest BCUT2D eigenvalue weighted by atomic mass is 10.2. The quantitative estimate of drug-likeness (QED) is 0.879. The summed E-state index contributed by atoms with van der Waals surface area (Å²) < 4.78 is 39.0.